The van der Waals surface area contributed by atoms with Gasteiger partial charge in [0.2, 0.25) is 0 Å². The number of hydrogen-bond acceptors (Lipinski definition) is 3. The summed E-state index contributed by atoms with van der Waals surface area (Å²) in [6.45, 7) is 3.87. The molecule has 3 heteroatoms. The van der Waals surface area contributed by atoms with Crippen LogP contribution in [0.2, 0.25) is 0 Å². The van der Waals surface area contributed by atoms with Crippen LogP contribution in [-0.4, -0.2) is 37.0 Å². The second-order valence-corrected chi connectivity index (χ2v) is 4.34. The molecule has 0 spiro atoms. The first-order chi connectivity index (χ1) is 6.70. The van der Waals surface area contributed by atoms with Gasteiger partial charge in [-0.2, -0.15) is 0 Å². The Balaban J connectivity index is 2.23. The van der Waals surface area contributed by atoms with Gasteiger partial charge in [0.1, 0.15) is 0 Å². The molecule has 0 amide bonds. The summed E-state index contributed by atoms with van der Waals surface area (Å²) in [4.78, 5) is 0. The zero-order valence-corrected chi connectivity index (χ0v) is 9.38. The highest BCUT2D eigenvalue weighted by Crippen LogP contribution is 2.28. The first-order valence-electron chi connectivity index (χ1n) is 5.66. The van der Waals surface area contributed by atoms with Gasteiger partial charge >= 0.3 is 0 Å². The van der Waals surface area contributed by atoms with Crippen molar-refractivity contribution in [2.75, 3.05) is 20.2 Å². The molecule has 14 heavy (non-hydrogen) atoms. The minimum absolute atomic E-state index is 0.362. The summed E-state index contributed by atoms with van der Waals surface area (Å²) < 4.78 is 5.28. The lowest BCUT2D eigenvalue weighted by molar-refractivity contribution is -0.0417. The quantitative estimate of drug-likeness (QED) is 0.659. The fourth-order valence-corrected chi connectivity index (χ4v) is 2.04. The number of rotatable bonds is 5. The Kier molecular flexibility index (Phi) is 4.85. The molecule has 0 bridgehead atoms. The maximum atomic E-state index is 10.2. The van der Waals surface area contributed by atoms with Crippen LogP contribution in [0.5, 0.6) is 0 Å². The van der Waals surface area contributed by atoms with Crippen molar-refractivity contribution in [3.05, 3.63) is 0 Å². The van der Waals surface area contributed by atoms with Crippen LogP contribution in [0.1, 0.15) is 39.0 Å². The fraction of sp³-hybridized carbons (Fsp3) is 1.00. The Labute approximate surface area is 86.8 Å². The maximum Gasteiger partial charge on any atom is 0.0773 e. The molecule has 0 aromatic rings. The van der Waals surface area contributed by atoms with Gasteiger partial charge in [-0.05, 0) is 38.6 Å². The van der Waals surface area contributed by atoms with Gasteiger partial charge in [0.05, 0.1) is 11.7 Å². The molecule has 0 aliphatic heterocycles. The summed E-state index contributed by atoms with van der Waals surface area (Å²) in [7, 11) is 1.75. The van der Waals surface area contributed by atoms with Gasteiger partial charge in [-0.25, -0.2) is 0 Å². The van der Waals surface area contributed by atoms with Gasteiger partial charge in [0.25, 0.3) is 0 Å². The van der Waals surface area contributed by atoms with Crippen molar-refractivity contribution in [1.29, 1.82) is 0 Å². The average Bonchev–Trinajstić information content (AvgIpc) is 2.19. The summed E-state index contributed by atoms with van der Waals surface area (Å²) in [6, 6.07) is 0. The third-order valence-corrected chi connectivity index (χ3v) is 3.08. The molecule has 0 radical (unpaired) electrons. The van der Waals surface area contributed by atoms with Crippen LogP contribution >= 0.6 is 0 Å². The van der Waals surface area contributed by atoms with E-state index in [0.29, 0.717) is 6.10 Å². The van der Waals surface area contributed by atoms with Crippen LogP contribution in [0.4, 0.5) is 0 Å². The molecule has 2 N–H and O–H groups in total. The minimum Gasteiger partial charge on any atom is -0.389 e. The van der Waals surface area contributed by atoms with Crippen LogP contribution in [0.3, 0.4) is 0 Å². The molecule has 0 aromatic carbocycles. The van der Waals surface area contributed by atoms with Crippen molar-refractivity contribution >= 4 is 0 Å². The van der Waals surface area contributed by atoms with Gasteiger partial charge in [0, 0.05) is 13.7 Å². The number of nitrogens with one attached hydrogen (secondary N) is 1. The van der Waals surface area contributed by atoms with Crippen LogP contribution in [0.15, 0.2) is 0 Å². The number of ether oxygens (including phenoxy) is 1. The van der Waals surface area contributed by atoms with E-state index in [4.69, 9.17) is 4.74 Å². The molecule has 0 unspecified atom stereocenters. The van der Waals surface area contributed by atoms with Gasteiger partial charge < -0.3 is 15.2 Å². The van der Waals surface area contributed by atoms with E-state index in [-0.39, 0.29) is 0 Å². The fourth-order valence-electron chi connectivity index (χ4n) is 2.04. The van der Waals surface area contributed by atoms with Gasteiger partial charge in [-0.1, -0.05) is 6.92 Å². The lowest BCUT2D eigenvalue weighted by Crippen LogP contribution is -2.44. The zero-order valence-electron chi connectivity index (χ0n) is 9.38. The van der Waals surface area contributed by atoms with Crippen molar-refractivity contribution in [2.24, 2.45) is 0 Å². The van der Waals surface area contributed by atoms with Crippen LogP contribution in [0, 0.1) is 0 Å². The van der Waals surface area contributed by atoms with E-state index in [1.165, 1.54) is 0 Å². The van der Waals surface area contributed by atoms with E-state index in [1.54, 1.807) is 7.11 Å². The molecule has 1 rings (SSSR count). The Hall–Kier alpha value is -0.120. The van der Waals surface area contributed by atoms with Crippen molar-refractivity contribution in [2.45, 2.75) is 50.7 Å². The number of hydrogen-bond donors (Lipinski definition) is 2. The largest absolute Gasteiger partial charge is 0.389 e. The molecule has 84 valence electrons. The second-order valence-electron chi connectivity index (χ2n) is 4.34. The Morgan fingerprint density at radius 2 is 2.07 bits per heavy atom. The van der Waals surface area contributed by atoms with Gasteiger partial charge in [-0.3, -0.25) is 0 Å². The first-order valence-corrected chi connectivity index (χ1v) is 5.66. The summed E-state index contributed by atoms with van der Waals surface area (Å²) >= 11 is 0. The highest BCUT2D eigenvalue weighted by molar-refractivity contribution is 4.87. The highest BCUT2D eigenvalue weighted by atomic mass is 16.5. The van der Waals surface area contributed by atoms with E-state index in [9.17, 15) is 5.11 Å². The minimum atomic E-state index is -0.482. The van der Waals surface area contributed by atoms with E-state index in [1.807, 2.05) is 0 Å². The molecule has 1 aliphatic rings. The van der Waals surface area contributed by atoms with E-state index < -0.39 is 5.60 Å². The van der Waals surface area contributed by atoms with Crippen LogP contribution in [0.25, 0.3) is 0 Å². The van der Waals surface area contributed by atoms with E-state index in [0.717, 1.165) is 45.2 Å². The summed E-state index contributed by atoms with van der Waals surface area (Å²) in [5.41, 5.74) is -0.482. The molecule has 0 heterocycles. The second kappa shape index (κ2) is 5.69. The lowest BCUT2D eigenvalue weighted by Gasteiger charge is -2.35. The third-order valence-electron chi connectivity index (χ3n) is 3.08. The Morgan fingerprint density at radius 1 is 1.43 bits per heavy atom. The molecular weight excluding hydrogens is 178 g/mol. The smallest absolute Gasteiger partial charge is 0.0773 e. The Bertz CT molecular complexity index is 148. The molecule has 0 saturated heterocycles. The number of methoxy groups -OCH3 is 1. The predicted molar refractivity (Wildman–Crippen MR) is 57.4 cm³/mol. The molecule has 0 aromatic heterocycles. The van der Waals surface area contributed by atoms with Gasteiger partial charge in [-0.15, -0.1) is 0 Å². The molecular formula is C11H23NO2. The molecule has 1 saturated carbocycles. The summed E-state index contributed by atoms with van der Waals surface area (Å²) in [5.74, 6) is 0. The van der Waals surface area contributed by atoms with Crippen molar-refractivity contribution in [3.8, 4) is 0 Å². The summed E-state index contributed by atoms with van der Waals surface area (Å²) in [6.07, 6.45) is 5.18. The van der Waals surface area contributed by atoms with Gasteiger partial charge in [0.15, 0.2) is 0 Å². The number of aliphatic hydroxyl groups is 1. The molecule has 1 aliphatic carbocycles. The summed E-state index contributed by atoms with van der Waals surface area (Å²) in [5, 5.41) is 13.5. The normalized spacial score (nSPS) is 33.2. The SMILES string of the molecule is CCCNCC1(O)CCC(OC)CC1. The molecule has 1 fully saturated rings. The lowest BCUT2D eigenvalue weighted by atomic mass is 9.83. The topological polar surface area (TPSA) is 41.5 Å². The standard InChI is InChI=1S/C11H23NO2/c1-3-8-12-9-11(13)6-4-10(14-2)5-7-11/h10,12-13H,3-9H2,1-2H3. The Morgan fingerprint density at radius 3 is 2.57 bits per heavy atom. The average molecular weight is 201 g/mol. The van der Waals surface area contributed by atoms with E-state index in [2.05, 4.69) is 12.2 Å². The highest BCUT2D eigenvalue weighted by Gasteiger charge is 2.32. The van der Waals surface area contributed by atoms with Crippen molar-refractivity contribution in [3.63, 3.8) is 0 Å². The third kappa shape index (κ3) is 3.56. The monoisotopic (exact) mass is 201 g/mol. The zero-order chi connectivity index (χ0) is 10.4. The molecule has 0 atom stereocenters. The molecule has 3 nitrogen and oxygen atoms in total. The van der Waals surface area contributed by atoms with Crippen LogP contribution < -0.4 is 5.32 Å². The maximum absolute atomic E-state index is 10.2. The van der Waals surface area contributed by atoms with Crippen molar-refractivity contribution < 1.29 is 9.84 Å². The predicted octanol–water partition coefficient (Wildman–Crippen LogP) is 1.31. The van der Waals surface area contributed by atoms with E-state index >= 15 is 0 Å². The van der Waals surface area contributed by atoms with Crippen molar-refractivity contribution in [1.82, 2.24) is 5.32 Å². The first kappa shape index (κ1) is 12.0. The van der Waals surface area contributed by atoms with Crippen LogP contribution in [-0.2, 0) is 4.74 Å².